The fourth-order valence-corrected chi connectivity index (χ4v) is 4.82. The molecule has 0 radical (unpaired) electrons. The van der Waals surface area contributed by atoms with E-state index >= 15 is 0 Å². The van der Waals surface area contributed by atoms with Crippen molar-refractivity contribution in [2.75, 3.05) is 6.61 Å². The van der Waals surface area contributed by atoms with E-state index in [1.54, 1.807) is 11.1 Å². The number of benzene rings is 2. The molecule has 3 atom stereocenters. The van der Waals surface area contributed by atoms with Crippen LogP contribution in [0.25, 0.3) is 0 Å². The highest BCUT2D eigenvalue weighted by molar-refractivity contribution is 5.37. The smallest absolute Gasteiger partial charge is 0.119 e. The monoisotopic (exact) mass is 349 g/mol. The van der Waals surface area contributed by atoms with Gasteiger partial charge >= 0.3 is 0 Å². The lowest BCUT2D eigenvalue weighted by Gasteiger charge is -2.26. The van der Waals surface area contributed by atoms with Crippen molar-refractivity contribution < 1.29 is 4.74 Å². The fraction of sp³-hybridized carbons (Fsp3) is 0.500. The van der Waals surface area contributed by atoms with E-state index in [-0.39, 0.29) is 0 Å². The third-order valence-electron chi connectivity index (χ3n) is 6.26. The zero-order chi connectivity index (χ0) is 17.9. The molecule has 138 valence electrons. The van der Waals surface area contributed by atoms with Crippen LogP contribution in [0.5, 0.6) is 5.75 Å². The molecule has 2 aromatic rings. The maximum absolute atomic E-state index is 6.11. The Labute approximate surface area is 157 Å². The third kappa shape index (κ3) is 3.96. The Morgan fingerprint density at radius 2 is 1.85 bits per heavy atom. The van der Waals surface area contributed by atoms with Crippen molar-refractivity contribution in [2.24, 2.45) is 11.7 Å². The summed E-state index contributed by atoms with van der Waals surface area (Å²) in [5.41, 5.74) is 12.2. The predicted octanol–water partition coefficient (Wildman–Crippen LogP) is 5.03. The number of ether oxygens (including phenoxy) is 1. The van der Waals surface area contributed by atoms with Crippen LogP contribution < -0.4 is 10.5 Å². The molecule has 0 aliphatic heterocycles. The Morgan fingerprint density at radius 3 is 2.58 bits per heavy atom. The first kappa shape index (κ1) is 17.6. The number of hydrogen-bond donors (Lipinski definition) is 1. The maximum atomic E-state index is 6.11. The summed E-state index contributed by atoms with van der Waals surface area (Å²) in [5.74, 6) is 2.42. The second-order valence-corrected chi connectivity index (χ2v) is 8.19. The SMILES string of the molecule is CCOc1ccc(C[C@H]2CCc3cc(C4CC[C@@H](N)C4)ccc3C2)cc1. The highest BCUT2D eigenvalue weighted by Crippen LogP contribution is 2.36. The molecule has 2 N–H and O–H groups in total. The molecule has 0 spiro atoms. The van der Waals surface area contributed by atoms with Crippen LogP contribution in [0.4, 0.5) is 0 Å². The summed E-state index contributed by atoms with van der Waals surface area (Å²) in [6.45, 7) is 2.76. The van der Waals surface area contributed by atoms with E-state index < -0.39 is 0 Å². The number of aryl methyl sites for hydroxylation is 1. The van der Waals surface area contributed by atoms with Gasteiger partial charge < -0.3 is 10.5 Å². The predicted molar refractivity (Wildman–Crippen MR) is 108 cm³/mol. The average molecular weight is 350 g/mol. The molecule has 0 amide bonds. The summed E-state index contributed by atoms with van der Waals surface area (Å²) < 4.78 is 5.55. The Morgan fingerprint density at radius 1 is 1.00 bits per heavy atom. The van der Waals surface area contributed by atoms with Crippen molar-refractivity contribution in [3.05, 3.63) is 64.7 Å². The van der Waals surface area contributed by atoms with Crippen LogP contribution in [-0.4, -0.2) is 12.6 Å². The minimum atomic E-state index is 0.412. The van der Waals surface area contributed by atoms with Crippen LogP contribution in [-0.2, 0) is 19.3 Å². The van der Waals surface area contributed by atoms with Crippen molar-refractivity contribution in [2.45, 2.75) is 63.8 Å². The standard InChI is InChI=1S/C24H31NO/c1-2-26-24-11-4-17(5-12-24)13-18-3-6-20-15-21(8-7-19(20)14-18)22-9-10-23(25)16-22/h4-5,7-8,11-12,15,18,22-23H,2-3,6,9-10,13-14,16,25H2,1H3/t18-,22?,23-/m1/s1. The van der Waals surface area contributed by atoms with E-state index in [1.165, 1.54) is 56.1 Å². The molecule has 1 unspecified atom stereocenters. The van der Waals surface area contributed by atoms with Gasteiger partial charge in [-0.15, -0.1) is 0 Å². The molecule has 0 aromatic heterocycles. The van der Waals surface area contributed by atoms with Crippen molar-refractivity contribution >= 4 is 0 Å². The summed E-state index contributed by atoms with van der Waals surface area (Å²) >= 11 is 0. The van der Waals surface area contributed by atoms with E-state index in [4.69, 9.17) is 10.5 Å². The molecule has 2 aliphatic carbocycles. The largest absolute Gasteiger partial charge is 0.494 e. The summed E-state index contributed by atoms with van der Waals surface area (Å²) in [7, 11) is 0. The molecule has 2 nitrogen and oxygen atoms in total. The molecule has 1 fully saturated rings. The second-order valence-electron chi connectivity index (χ2n) is 8.19. The molecule has 0 bridgehead atoms. The summed E-state index contributed by atoms with van der Waals surface area (Å²) in [6.07, 6.45) is 8.53. The van der Waals surface area contributed by atoms with Gasteiger partial charge in [0, 0.05) is 6.04 Å². The highest BCUT2D eigenvalue weighted by atomic mass is 16.5. The zero-order valence-electron chi connectivity index (χ0n) is 15.9. The second kappa shape index (κ2) is 7.84. The topological polar surface area (TPSA) is 35.2 Å². The lowest BCUT2D eigenvalue weighted by atomic mass is 9.79. The minimum Gasteiger partial charge on any atom is -0.494 e. The summed E-state index contributed by atoms with van der Waals surface area (Å²) in [5, 5.41) is 0. The zero-order valence-corrected chi connectivity index (χ0v) is 15.9. The van der Waals surface area contributed by atoms with Crippen LogP contribution in [0, 0.1) is 5.92 Å². The minimum absolute atomic E-state index is 0.412. The van der Waals surface area contributed by atoms with Crippen LogP contribution in [0.2, 0.25) is 0 Å². The molecule has 2 heteroatoms. The van der Waals surface area contributed by atoms with Gasteiger partial charge in [-0.25, -0.2) is 0 Å². The average Bonchev–Trinajstić information content (AvgIpc) is 3.09. The van der Waals surface area contributed by atoms with Gasteiger partial charge in [-0.05, 0) is 98.1 Å². The van der Waals surface area contributed by atoms with E-state index in [9.17, 15) is 0 Å². The van der Waals surface area contributed by atoms with Crippen molar-refractivity contribution in [1.82, 2.24) is 0 Å². The van der Waals surface area contributed by atoms with Crippen LogP contribution in [0.15, 0.2) is 42.5 Å². The first-order valence-electron chi connectivity index (χ1n) is 10.3. The molecule has 0 saturated heterocycles. The van der Waals surface area contributed by atoms with Crippen molar-refractivity contribution in [3.63, 3.8) is 0 Å². The molecule has 2 aromatic carbocycles. The van der Waals surface area contributed by atoms with E-state index in [0.29, 0.717) is 12.0 Å². The number of rotatable bonds is 5. The fourth-order valence-electron chi connectivity index (χ4n) is 4.82. The normalized spacial score (nSPS) is 25.1. The van der Waals surface area contributed by atoms with Gasteiger partial charge in [0.2, 0.25) is 0 Å². The van der Waals surface area contributed by atoms with Crippen LogP contribution in [0.1, 0.15) is 60.8 Å². The lowest BCUT2D eigenvalue weighted by molar-refractivity contribution is 0.340. The Hall–Kier alpha value is -1.80. The third-order valence-corrected chi connectivity index (χ3v) is 6.26. The summed E-state index contributed by atoms with van der Waals surface area (Å²) in [4.78, 5) is 0. The van der Waals surface area contributed by atoms with E-state index in [1.807, 2.05) is 6.92 Å². The highest BCUT2D eigenvalue weighted by Gasteiger charge is 2.25. The van der Waals surface area contributed by atoms with Gasteiger partial charge in [0.25, 0.3) is 0 Å². The van der Waals surface area contributed by atoms with Crippen LogP contribution >= 0.6 is 0 Å². The van der Waals surface area contributed by atoms with Gasteiger partial charge in [0.15, 0.2) is 0 Å². The van der Waals surface area contributed by atoms with Gasteiger partial charge in [-0.3, -0.25) is 0 Å². The van der Waals surface area contributed by atoms with Gasteiger partial charge in [-0.1, -0.05) is 30.3 Å². The maximum Gasteiger partial charge on any atom is 0.119 e. The van der Waals surface area contributed by atoms with E-state index in [0.717, 1.165) is 18.3 Å². The summed E-state index contributed by atoms with van der Waals surface area (Å²) in [6, 6.07) is 16.3. The van der Waals surface area contributed by atoms with Crippen LogP contribution in [0.3, 0.4) is 0 Å². The Balaban J connectivity index is 1.40. The molecular formula is C24H31NO. The van der Waals surface area contributed by atoms with Crippen molar-refractivity contribution in [3.8, 4) is 5.75 Å². The molecule has 4 rings (SSSR count). The molecule has 0 heterocycles. The Bertz CT molecular complexity index is 736. The van der Waals surface area contributed by atoms with Gasteiger partial charge in [-0.2, -0.15) is 0 Å². The molecule has 26 heavy (non-hydrogen) atoms. The van der Waals surface area contributed by atoms with E-state index in [2.05, 4.69) is 42.5 Å². The molecule has 1 saturated carbocycles. The first-order valence-corrected chi connectivity index (χ1v) is 10.3. The molecular weight excluding hydrogens is 318 g/mol. The Kier molecular flexibility index (Phi) is 5.31. The molecule has 2 aliphatic rings. The van der Waals surface area contributed by atoms with Gasteiger partial charge in [0.1, 0.15) is 5.75 Å². The number of fused-ring (bicyclic) bond motifs is 1. The lowest BCUT2D eigenvalue weighted by Crippen LogP contribution is -2.17. The van der Waals surface area contributed by atoms with Crippen molar-refractivity contribution in [1.29, 1.82) is 0 Å². The number of nitrogens with two attached hydrogens (primary N) is 1. The van der Waals surface area contributed by atoms with Gasteiger partial charge in [0.05, 0.1) is 6.61 Å². The quantitative estimate of drug-likeness (QED) is 0.822. The first-order chi connectivity index (χ1) is 12.7. The number of hydrogen-bond acceptors (Lipinski definition) is 2.